The topological polar surface area (TPSA) is 17.1 Å². The Morgan fingerprint density at radius 1 is 1.30 bits per heavy atom. The molecule has 0 aromatic carbocycles. The number of carbonyl (C=O) groups excluding carboxylic acids is 1. The fourth-order valence-electron chi connectivity index (χ4n) is 1.67. The smallest absolute Gasteiger partial charge is 0.162 e. The van der Waals surface area contributed by atoms with E-state index in [1.54, 1.807) is 0 Å². The van der Waals surface area contributed by atoms with Gasteiger partial charge in [-0.05, 0) is 19.3 Å². The van der Waals surface area contributed by atoms with Crippen LogP contribution in [-0.4, -0.2) is 5.78 Å². The molecule has 0 spiro atoms. The lowest BCUT2D eigenvalue weighted by atomic mass is 9.93. The van der Waals surface area contributed by atoms with Crippen molar-refractivity contribution in [3.63, 3.8) is 0 Å². The highest BCUT2D eigenvalue weighted by atomic mass is 16.1. The van der Waals surface area contributed by atoms with Gasteiger partial charge in [-0.15, -0.1) is 0 Å². The summed E-state index contributed by atoms with van der Waals surface area (Å²) in [6.07, 6.45) is 8.09. The van der Waals surface area contributed by atoms with Crippen molar-refractivity contribution in [2.24, 2.45) is 0 Å². The zero-order valence-corrected chi connectivity index (χ0v) is 5.89. The third-order valence-electron chi connectivity index (χ3n) is 2.21. The summed E-state index contributed by atoms with van der Waals surface area (Å²) in [5.74, 6) is 0.356. The van der Waals surface area contributed by atoms with Gasteiger partial charge >= 0.3 is 0 Å². The lowest BCUT2D eigenvalue weighted by molar-refractivity contribution is -0.115. The summed E-state index contributed by atoms with van der Waals surface area (Å²) < 4.78 is 0. The maximum Gasteiger partial charge on any atom is 0.162 e. The van der Waals surface area contributed by atoms with Gasteiger partial charge in [0.05, 0.1) is 0 Å². The van der Waals surface area contributed by atoms with Crippen LogP contribution < -0.4 is 0 Å². The first-order chi connectivity index (χ1) is 4.88. The van der Waals surface area contributed by atoms with E-state index in [0.29, 0.717) is 5.78 Å². The second-order valence-corrected chi connectivity index (χ2v) is 2.90. The zero-order valence-electron chi connectivity index (χ0n) is 5.89. The Hall–Kier alpha value is -0.850. The van der Waals surface area contributed by atoms with Gasteiger partial charge in [0, 0.05) is 12.0 Å². The summed E-state index contributed by atoms with van der Waals surface area (Å²) in [7, 11) is 0. The first kappa shape index (κ1) is 5.90. The summed E-state index contributed by atoms with van der Waals surface area (Å²) in [6, 6.07) is 0. The lowest BCUT2D eigenvalue weighted by Crippen LogP contribution is -2.07. The zero-order chi connectivity index (χ0) is 6.97. The van der Waals surface area contributed by atoms with Gasteiger partial charge in [-0.25, -0.2) is 0 Å². The predicted molar refractivity (Wildman–Crippen MR) is 39.6 cm³/mol. The number of rotatable bonds is 0. The van der Waals surface area contributed by atoms with Crippen molar-refractivity contribution in [3.8, 4) is 0 Å². The van der Waals surface area contributed by atoms with Gasteiger partial charge in [0.2, 0.25) is 0 Å². The lowest BCUT2D eigenvalue weighted by Gasteiger charge is -2.11. The normalized spacial score (nSPS) is 23.8. The van der Waals surface area contributed by atoms with Gasteiger partial charge in [0.25, 0.3) is 0 Å². The van der Waals surface area contributed by atoms with Gasteiger partial charge < -0.3 is 0 Å². The Balaban J connectivity index is 2.37. The Morgan fingerprint density at radius 2 is 2.20 bits per heavy atom. The van der Waals surface area contributed by atoms with Crippen molar-refractivity contribution < 1.29 is 4.79 Å². The minimum Gasteiger partial charge on any atom is -0.294 e. The molecule has 0 saturated carbocycles. The molecule has 10 heavy (non-hydrogen) atoms. The number of hydrogen-bond acceptors (Lipinski definition) is 1. The van der Waals surface area contributed by atoms with Crippen molar-refractivity contribution in [1.29, 1.82) is 0 Å². The van der Waals surface area contributed by atoms with Crippen LogP contribution in [0.1, 0.15) is 25.7 Å². The quantitative estimate of drug-likeness (QED) is 0.495. The van der Waals surface area contributed by atoms with E-state index in [2.05, 4.69) is 6.08 Å². The highest BCUT2D eigenvalue weighted by molar-refractivity contribution is 6.00. The van der Waals surface area contributed by atoms with E-state index in [9.17, 15) is 4.79 Å². The second-order valence-electron chi connectivity index (χ2n) is 2.90. The molecule has 2 aliphatic carbocycles. The fourth-order valence-corrected chi connectivity index (χ4v) is 1.67. The summed E-state index contributed by atoms with van der Waals surface area (Å²) >= 11 is 0. The van der Waals surface area contributed by atoms with E-state index in [4.69, 9.17) is 0 Å². The van der Waals surface area contributed by atoms with Crippen LogP contribution >= 0.6 is 0 Å². The fraction of sp³-hybridized carbons (Fsp3) is 0.444. The minimum atomic E-state index is 0.356. The van der Waals surface area contributed by atoms with E-state index < -0.39 is 0 Å². The minimum absolute atomic E-state index is 0.356. The number of hydrogen-bond donors (Lipinski definition) is 0. The van der Waals surface area contributed by atoms with E-state index in [0.717, 1.165) is 31.3 Å². The molecule has 52 valence electrons. The average Bonchev–Trinajstić information content (AvgIpc) is 2.36. The van der Waals surface area contributed by atoms with Crippen LogP contribution in [-0.2, 0) is 4.79 Å². The molecule has 2 aliphatic rings. The number of carbonyl (C=O) groups is 1. The van der Waals surface area contributed by atoms with Crippen molar-refractivity contribution >= 4 is 5.78 Å². The van der Waals surface area contributed by atoms with Crippen LogP contribution in [0, 0.1) is 0 Å². The van der Waals surface area contributed by atoms with Crippen molar-refractivity contribution in [2.75, 3.05) is 0 Å². The molecule has 0 amide bonds. The molecule has 0 N–H and O–H groups in total. The van der Waals surface area contributed by atoms with Crippen LogP contribution in [0.3, 0.4) is 0 Å². The van der Waals surface area contributed by atoms with Crippen molar-refractivity contribution in [2.45, 2.75) is 25.7 Å². The second kappa shape index (κ2) is 2.08. The van der Waals surface area contributed by atoms with Crippen LogP contribution in [0.5, 0.6) is 0 Å². The Morgan fingerprint density at radius 3 is 3.00 bits per heavy atom. The van der Waals surface area contributed by atoms with Crippen LogP contribution in [0.4, 0.5) is 0 Å². The van der Waals surface area contributed by atoms with Gasteiger partial charge in [-0.1, -0.05) is 17.7 Å². The number of Topliss-reactive ketones (excluding diaryl/α,β-unsaturated/α-hetero) is 1. The third-order valence-corrected chi connectivity index (χ3v) is 2.21. The average molecular weight is 134 g/mol. The molecule has 1 nitrogen and oxygen atoms in total. The van der Waals surface area contributed by atoms with Gasteiger partial charge in [-0.2, -0.15) is 0 Å². The Labute approximate surface area is 60.4 Å². The molecule has 0 atom stereocenters. The first-order valence-electron chi connectivity index (χ1n) is 3.80. The molecule has 0 aliphatic heterocycles. The number of ketones is 1. The summed E-state index contributed by atoms with van der Waals surface area (Å²) in [5, 5.41) is 0. The van der Waals surface area contributed by atoms with Crippen LogP contribution in [0.2, 0.25) is 0 Å². The molecule has 0 aromatic heterocycles. The highest BCUT2D eigenvalue weighted by Crippen LogP contribution is 2.29. The molecule has 0 unspecified atom stereocenters. The van der Waals surface area contributed by atoms with Crippen molar-refractivity contribution in [1.82, 2.24) is 0 Å². The molecule has 0 saturated heterocycles. The SMILES string of the molecule is O=C1CCCC2=C1C=CC2. The predicted octanol–water partition coefficient (Wildman–Crippen LogP) is 2.00. The van der Waals surface area contributed by atoms with Gasteiger partial charge in [-0.3, -0.25) is 4.79 Å². The van der Waals surface area contributed by atoms with Gasteiger partial charge in [0.1, 0.15) is 0 Å². The standard InChI is InChI=1S/C9H10O/c10-9-6-2-4-7-3-1-5-8(7)9/h1,5H,2-4,6H2. The molecule has 0 aromatic rings. The van der Waals surface area contributed by atoms with E-state index in [-0.39, 0.29) is 0 Å². The molecular formula is C9H10O. The van der Waals surface area contributed by atoms with E-state index in [1.807, 2.05) is 6.08 Å². The number of allylic oxidation sites excluding steroid dienone is 4. The van der Waals surface area contributed by atoms with E-state index >= 15 is 0 Å². The highest BCUT2D eigenvalue weighted by Gasteiger charge is 2.19. The third kappa shape index (κ3) is 0.737. The monoisotopic (exact) mass is 134 g/mol. The summed E-state index contributed by atoms with van der Waals surface area (Å²) in [4.78, 5) is 11.2. The maximum absolute atomic E-state index is 11.2. The molecular weight excluding hydrogens is 124 g/mol. The Bertz CT molecular complexity index is 233. The molecule has 0 bridgehead atoms. The van der Waals surface area contributed by atoms with E-state index in [1.165, 1.54) is 5.57 Å². The van der Waals surface area contributed by atoms with Crippen molar-refractivity contribution in [3.05, 3.63) is 23.3 Å². The van der Waals surface area contributed by atoms with Crippen LogP contribution in [0.15, 0.2) is 23.3 Å². The largest absolute Gasteiger partial charge is 0.294 e. The molecule has 0 radical (unpaired) electrons. The van der Waals surface area contributed by atoms with Crippen LogP contribution in [0.25, 0.3) is 0 Å². The summed E-state index contributed by atoms with van der Waals surface area (Å²) in [5.41, 5.74) is 2.39. The first-order valence-corrected chi connectivity index (χ1v) is 3.80. The summed E-state index contributed by atoms with van der Waals surface area (Å²) in [6.45, 7) is 0. The molecule has 2 rings (SSSR count). The van der Waals surface area contributed by atoms with Gasteiger partial charge in [0.15, 0.2) is 5.78 Å². The molecule has 1 heteroatoms. The maximum atomic E-state index is 11.2. The molecule has 0 fully saturated rings. The molecule has 0 heterocycles. The Kier molecular flexibility index (Phi) is 1.23.